The van der Waals surface area contributed by atoms with Crippen LogP contribution in [-0.4, -0.2) is 41.0 Å². The fourth-order valence-corrected chi connectivity index (χ4v) is 4.40. The van der Waals surface area contributed by atoms with Gasteiger partial charge in [0.05, 0.1) is 0 Å². The molecular weight excluding hydrogens is 266 g/mol. The molecule has 1 unspecified atom stereocenters. The zero-order valence-electron chi connectivity index (χ0n) is 12.1. The second-order valence-electron chi connectivity index (χ2n) is 6.52. The molecule has 2 aromatic rings. The Labute approximate surface area is 123 Å². The number of aromatic amines is 1. The zero-order valence-corrected chi connectivity index (χ0v) is 12.1. The second-order valence-corrected chi connectivity index (χ2v) is 6.52. The van der Waals surface area contributed by atoms with Gasteiger partial charge in [0.2, 0.25) is 6.54 Å². The van der Waals surface area contributed by atoms with E-state index in [-0.39, 0.29) is 17.4 Å². The van der Waals surface area contributed by atoms with E-state index in [1.165, 1.54) is 22.0 Å². The first-order chi connectivity index (χ1) is 10.1. The van der Waals surface area contributed by atoms with Crippen molar-refractivity contribution >= 4 is 10.9 Å². The molecule has 3 atom stereocenters. The average Bonchev–Trinajstić information content (AvgIpc) is 2.84. The minimum absolute atomic E-state index is 0.0868. The lowest BCUT2D eigenvalue weighted by Gasteiger charge is -2.44. The molecule has 1 saturated heterocycles. The van der Waals surface area contributed by atoms with E-state index in [1.54, 1.807) is 0 Å². The number of hydrogen-bond donors (Lipinski definition) is 1. The normalized spacial score (nSPS) is 28.5. The van der Waals surface area contributed by atoms with Crippen LogP contribution in [0.25, 0.3) is 10.9 Å². The third-order valence-corrected chi connectivity index (χ3v) is 5.22. The highest BCUT2D eigenvalue weighted by atomic mass is 16.6. The summed E-state index contributed by atoms with van der Waals surface area (Å²) < 4.78 is 0. The second kappa shape index (κ2) is 4.56. The first kappa shape index (κ1) is 12.8. The van der Waals surface area contributed by atoms with Crippen LogP contribution in [0.1, 0.15) is 23.5 Å². The fourth-order valence-electron chi connectivity index (χ4n) is 4.40. The molecule has 0 spiro atoms. The summed E-state index contributed by atoms with van der Waals surface area (Å²) in [7, 11) is 2.11. The van der Waals surface area contributed by atoms with Gasteiger partial charge in [0.1, 0.15) is 0 Å². The van der Waals surface area contributed by atoms with Gasteiger partial charge in [-0.3, -0.25) is 10.1 Å². The summed E-state index contributed by atoms with van der Waals surface area (Å²) in [5.41, 5.74) is 3.96. The molecule has 1 aliphatic carbocycles. The van der Waals surface area contributed by atoms with E-state index in [4.69, 9.17) is 0 Å². The Morgan fingerprint density at radius 2 is 2.33 bits per heavy atom. The Kier molecular flexibility index (Phi) is 2.79. The van der Waals surface area contributed by atoms with Crippen molar-refractivity contribution in [3.63, 3.8) is 0 Å². The highest BCUT2D eigenvalue weighted by molar-refractivity contribution is 5.88. The number of nitrogens with zero attached hydrogens (tertiary/aromatic N) is 2. The molecule has 1 aromatic heterocycles. The Bertz CT molecular complexity index is 709. The molecule has 4 rings (SSSR count). The van der Waals surface area contributed by atoms with Gasteiger partial charge in [0.25, 0.3) is 0 Å². The molecule has 21 heavy (non-hydrogen) atoms. The van der Waals surface area contributed by atoms with Crippen molar-refractivity contribution < 1.29 is 4.92 Å². The summed E-state index contributed by atoms with van der Waals surface area (Å²) in [4.78, 5) is 16.4. The number of nitro groups is 1. The fraction of sp³-hybridized carbons (Fsp3) is 0.500. The third-order valence-electron chi connectivity index (χ3n) is 5.22. The number of likely N-dealkylation sites (N-methyl/N-ethyl adjacent to an activating group) is 1. The lowest BCUT2D eigenvalue weighted by atomic mass is 9.72. The third kappa shape index (κ3) is 1.95. The van der Waals surface area contributed by atoms with Crippen LogP contribution in [-0.2, 0) is 6.42 Å². The Balaban J connectivity index is 1.76. The molecule has 2 aliphatic rings. The number of fused-ring (bicyclic) bond motifs is 2. The van der Waals surface area contributed by atoms with E-state index >= 15 is 0 Å². The number of benzene rings is 1. The monoisotopic (exact) mass is 285 g/mol. The van der Waals surface area contributed by atoms with Crippen molar-refractivity contribution in [3.8, 4) is 0 Å². The van der Waals surface area contributed by atoms with Crippen LogP contribution >= 0.6 is 0 Å². The highest BCUT2D eigenvalue weighted by Gasteiger charge is 2.40. The predicted octanol–water partition coefficient (Wildman–Crippen LogP) is 2.40. The summed E-state index contributed by atoms with van der Waals surface area (Å²) in [5.74, 6) is 0.572. The van der Waals surface area contributed by atoms with E-state index in [2.05, 4.69) is 41.3 Å². The zero-order chi connectivity index (χ0) is 14.6. The molecule has 1 N–H and O–H groups in total. The van der Waals surface area contributed by atoms with Gasteiger partial charge in [-0.25, -0.2) is 0 Å². The van der Waals surface area contributed by atoms with Gasteiger partial charge in [-0.15, -0.1) is 0 Å². The smallest absolute Gasteiger partial charge is 0.207 e. The van der Waals surface area contributed by atoms with E-state index < -0.39 is 0 Å². The molecule has 5 heteroatoms. The SMILES string of the molecule is CN1CC(C[N+](=O)[O-])C[C@H]2c3cccc4[nH]cc(c34)C[C@@H]21. The molecule has 0 bridgehead atoms. The standard InChI is InChI=1S/C16H19N3O2/c1-18-8-10(9-19(20)21)5-13-12-3-2-4-14-16(12)11(7-17-14)6-15(13)18/h2-4,7,10,13,15,17H,5-6,8-9H2,1H3/t10?,13-,15-/m0/s1. The minimum Gasteiger partial charge on any atom is -0.361 e. The quantitative estimate of drug-likeness (QED) is 0.681. The maximum absolute atomic E-state index is 10.9. The summed E-state index contributed by atoms with van der Waals surface area (Å²) in [5, 5.41) is 12.2. The van der Waals surface area contributed by atoms with Crippen LogP contribution < -0.4 is 0 Å². The van der Waals surface area contributed by atoms with E-state index in [1.807, 2.05) is 0 Å². The van der Waals surface area contributed by atoms with Crippen LogP contribution in [0.3, 0.4) is 0 Å². The molecule has 2 heterocycles. The van der Waals surface area contributed by atoms with Gasteiger partial charge < -0.3 is 9.88 Å². The number of piperidine rings is 1. The van der Waals surface area contributed by atoms with E-state index in [0.717, 1.165) is 19.4 Å². The predicted molar refractivity (Wildman–Crippen MR) is 81.1 cm³/mol. The molecule has 0 amide bonds. The highest BCUT2D eigenvalue weighted by Crippen LogP contribution is 2.44. The summed E-state index contributed by atoms with van der Waals surface area (Å²) in [6.45, 7) is 0.918. The van der Waals surface area contributed by atoms with Gasteiger partial charge >= 0.3 is 0 Å². The summed E-state index contributed by atoms with van der Waals surface area (Å²) >= 11 is 0. The summed E-state index contributed by atoms with van der Waals surface area (Å²) in [6, 6.07) is 6.89. The average molecular weight is 285 g/mol. The number of H-pyrrole nitrogens is 1. The van der Waals surface area contributed by atoms with E-state index in [9.17, 15) is 10.1 Å². The van der Waals surface area contributed by atoms with Gasteiger partial charge in [-0.05, 0) is 37.1 Å². The van der Waals surface area contributed by atoms with Gasteiger partial charge in [-0.2, -0.15) is 0 Å². The Morgan fingerprint density at radius 1 is 1.48 bits per heavy atom. The van der Waals surface area contributed by atoms with Gasteiger partial charge in [0, 0.05) is 46.4 Å². The van der Waals surface area contributed by atoms with Crippen molar-refractivity contribution in [1.29, 1.82) is 0 Å². The Hall–Kier alpha value is -1.88. The molecule has 1 aromatic carbocycles. The number of rotatable bonds is 2. The summed E-state index contributed by atoms with van der Waals surface area (Å²) in [6.07, 6.45) is 4.10. The lowest BCUT2D eigenvalue weighted by molar-refractivity contribution is -0.489. The minimum atomic E-state index is -0.163. The van der Waals surface area contributed by atoms with Crippen molar-refractivity contribution in [3.05, 3.63) is 45.6 Å². The maximum atomic E-state index is 10.9. The first-order valence-electron chi connectivity index (χ1n) is 7.54. The van der Waals surface area contributed by atoms with Crippen LogP contribution in [0.5, 0.6) is 0 Å². The molecular formula is C16H19N3O2. The van der Waals surface area contributed by atoms with E-state index in [0.29, 0.717) is 12.0 Å². The van der Waals surface area contributed by atoms with Crippen LogP contribution in [0, 0.1) is 16.0 Å². The lowest BCUT2D eigenvalue weighted by Crippen LogP contribution is -2.49. The first-order valence-corrected chi connectivity index (χ1v) is 7.54. The van der Waals surface area contributed by atoms with Gasteiger partial charge in [0.15, 0.2) is 0 Å². The van der Waals surface area contributed by atoms with Crippen LogP contribution in [0.4, 0.5) is 0 Å². The van der Waals surface area contributed by atoms with Crippen molar-refractivity contribution in [1.82, 2.24) is 9.88 Å². The van der Waals surface area contributed by atoms with Crippen molar-refractivity contribution in [2.24, 2.45) is 5.92 Å². The molecule has 1 aliphatic heterocycles. The van der Waals surface area contributed by atoms with Crippen LogP contribution in [0.2, 0.25) is 0 Å². The Morgan fingerprint density at radius 3 is 3.14 bits per heavy atom. The molecule has 5 nitrogen and oxygen atoms in total. The molecule has 0 radical (unpaired) electrons. The number of aromatic nitrogens is 1. The number of nitrogens with one attached hydrogen (secondary N) is 1. The molecule has 110 valence electrons. The number of likely N-dealkylation sites (tertiary alicyclic amines) is 1. The topological polar surface area (TPSA) is 62.2 Å². The molecule has 1 fully saturated rings. The van der Waals surface area contributed by atoms with Crippen molar-refractivity contribution in [2.75, 3.05) is 20.1 Å². The molecule has 0 saturated carbocycles. The van der Waals surface area contributed by atoms with Crippen LogP contribution in [0.15, 0.2) is 24.4 Å². The number of hydrogen-bond acceptors (Lipinski definition) is 3. The maximum Gasteiger partial charge on any atom is 0.207 e. The van der Waals surface area contributed by atoms with Gasteiger partial charge in [-0.1, -0.05) is 12.1 Å². The van der Waals surface area contributed by atoms with Crippen molar-refractivity contribution in [2.45, 2.75) is 24.8 Å². The largest absolute Gasteiger partial charge is 0.361 e.